The molecule has 0 aromatic rings. The Bertz CT molecular complexity index is 392. The van der Waals surface area contributed by atoms with Gasteiger partial charge in [-0.05, 0) is 32.6 Å². The van der Waals surface area contributed by atoms with Gasteiger partial charge in [0, 0.05) is 26.2 Å². The van der Waals surface area contributed by atoms with Crippen molar-refractivity contribution in [3.63, 3.8) is 0 Å². The fraction of sp³-hybridized carbons (Fsp3) is 0.875. The second kappa shape index (κ2) is 10.3. The average molecular weight is 438 g/mol. The van der Waals surface area contributed by atoms with E-state index in [0.29, 0.717) is 18.5 Å². The molecule has 1 amide bonds. The van der Waals surface area contributed by atoms with E-state index in [0.717, 1.165) is 32.3 Å². The van der Waals surface area contributed by atoms with Gasteiger partial charge in [-0.25, -0.2) is 0 Å². The second-order valence-electron chi connectivity index (χ2n) is 6.58. The normalized spacial score (nSPS) is 25.6. The summed E-state index contributed by atoms with van der Waals surface area (Å²) >= 11 is 0. The third kappa shape index (κ3) is 7.24. The third-order valence-electron chi connectivity index (χ3n) is 4.54. The van der Waals surface area contributed by atoms with E-state index in [1.807, 2.05) is 0 Å². The molecule has 1 unspecified atom stereocenters. The molecule has 0 aromatic carbocycles. The highest BCUT2D eigenvalue weighted by Crippen LogP contribution is 2.23. The summed E-state index contributed by atoms with van der Waals surface area (Å²) in [5, 5.41) is 9.41. The van der Waals surface area contributed by atoms with Crippen LogP contribution in [0, 0.1) is 0 Å². The van der Waals surface area contributed by atoms with Gasteiger partial charge in [-0.1, -0.05) is 19.3 Å². The zero-order chi connectivity index (χ0) is 15.8. The fourth-order valence-electron chi connectivity index (χ4n) is 3.16. The van der Waals surface area contributed by atoms with Crippen LogP contribution in [0.15, 0.2) is 4.99 Å². The highest BCUT2D eigenvalue weighted by atomic mass is 127. The van der Waals surface area contributed by atoms with Crippen LogP contribution in [0.25, 0.3) is 0 Å². The van der Waals surface area contributed by atoms with Gasteiger partial charge in [-0.2, -0.15) is 0 Å². The molecule has 3 N–H and O–H groups in total. The first-order chi connectivity index (χ1) is 10.6. The molecule has 1 heterocycles. The number of ether oxygens (including phenoxy) is 1. The van der Waals surface area contributed by atoms with E-state index in [2.05, 4.69) is 27.9 Å². The lowest BCUT2D eigenvalue weighted by molar-refractivity contribution is -0.120. The van der Waals surface area contributed by atoms with Crippen LogP contribution in [-0.2, 0) is 9.53 Å². The summed E-state index contributed by atoms with van der Waals surface area (Å²) < 4.78 is 5.74. The van der Waals surface area contributed by atoms with Gasteiger partial charge < -0.3 is 20.7 Å². The molecule has 2 rings (SSSR count). The summed E-state index contributed by atoms with van der Waals surface area (Å²) in [6.45, 7) is 3.90. The van der Waals surface area contributed by atoms with Crippen molar-refractivity contribution >= 4 is 35.8 Å². The fourth-order valence-corrected chi connectivity index (χ4v) is 3.16. The van der Waals surface area contributed by atoms with Crippen LogP contribution in [0.2, 0.25) is 0 Å². The van der Waals surface area contributed by atoms with E-state index >= 15 is 0 Å². The summed E-state index contributed by atoms with van der Waals surface area (Å²) in [5.41, 5.74) is -0.123. The number of carbonyl (C=O) groups excluding carboxylic acids is 1. The summed E-state index contributed by atoms with van der Waals surface area (Å²) in [6.07, 6.45) is 8.11. The lowest BCUT2D eigenvalue weighted by Crippen LogP contribution is -2.49. The number of guanidine groups is 1. The summed E-state index contributed by atoms with van der Waals surface area (Å²) in [7, 11) is 1.71. The summed E-state index contributed by atoms with van der Waals surface area (Å²) in [4.78, 5) is 16.1. The number of hydrogen-bond donors (Lipinski definition) is 3. The SMILES string of the molecule is CN=C(NCC(=O)NC1CCCCC1)NCC1(C)CCCO1.I. The molecule has 1 saturated carbocycles. The molecular formula is C16H31IN4O2. The van der Waals surface area contributed by atoms with Crippen molar-refractivity contribution in [2.24, 2.45) is 4.99 Å². The van der Waals surface area contributed by atoms with Crippen LogP contribution in [0.3, 0.4) is 0 Å². The summed E-state index contributed by atoms with van der Waals surface area (Å²) in [6, 6.07) is 0.351. The quantitative estimate of drug-likeness (QED) is 0.348. The number of carbonyl (C=O) groups is 1. The molecule has 23 heavy (non-hydrogen) atoms. The molecule has 0 aromatic heterocycles. The van der Waals surface area contributed by atoms with E-state index in [9.17, 15) is 4.79 Å². The number of rotatable bonds is 5. The minimum atomic E-state index is -0.123. The number of hydrogen-bond acceptors (Lipinski definition) is 3. The van der Waals surface area contributed by atoms with Gasteiger partial charge in [0.15, 0.2) is 5.96 Å². The molecule has 1 saturated heterocycles. The zero-order valence-corrected chi connectivity index (χ0v) is 16.7. The smallest absolute Gasteiger partial charge is 0.239 e. The van der Waals surface area contributed by atoms with Gasteiger partial charge >= 0.3 is 0 Å². The minimum absolute atomic E-state index is 0. The maximum absolute atomic E-state index is 12.0. The topological polar surface area (TPSA) is 74.8 Å². The molecule has 7 heteroatoms. The molecule has 2 fully saturated rings. The Morgan fingerprint density at radius 2 is 1.96 bits per heavy atom. The number of nitrogens with one attached hydrogen (secondary N) is 3. The first kappa shape index (κ1) is 20.5. The van der Waals surface area contributed by atoms with Crippen molar-refractivity contribution in [2.75, 3.05) is 26.7 Å². The first-order valence-electron chi connectivity index (χ1n) is 8.49. The van der Waals surface area contributed by atoms with Crippen molar-refractivity contribution in [1.29, 1.82) is 0 Å². The minimum Gasteiger partial charge on any atom is -0.373 e. The summed E-state index contributed by atoms with van der Waals surface area (Å²) in [5.74, 6) is 0.689. The highest BCUT2D eigenvalue weighted by Gasteiger charge is 2.29. The largest absolute Gasteiger partial charge is 0.373 e. The molecule has 0 bridgehead atoms. The zero-order valence-electron chi connectivity index (χ0n) is 14.3. The second-order valence-corrected chi connectivity index (χ2v) is 6.58. The maximum Gasteiger partial charge on any atom is 0.239 e. The molecule has 2 aliphatic rings. The van der Waals surface area contributed by atoms with Gasteiger partial charge in [-0.15, -0.1) is 24.0 Å². The predicted molar refractivity (Wildman–Crippen MR) is 103 cm³/mol. The van der Waals surface area contributed by atoms with E-state index in [-0.39, 0.29) is 42.0 Å². The van der Waals surface area contributed by atoms with Crippen molar-refractivity contribution in [3.05, 3.63) is 0 Å². The standard InChI is InChI=1S/C16H30N4O2.HI/c1-16(9-6-10-22-16)12-19-15(17-2)18-11-14(21)20-13-7-4-3-5-8-13;/h13H,3-12H2,1-2H3,(H,20,21)(H2,17,18,19);1H. The van der Waals surface area contributed by atoms with Crippen LogP contribution in [0.4, 0.5) is 0 Å². The lowest BCUT2D eigenvalue weighted by atomic mass is 9.95. The Morgan fingerprint density at radius 1 is 1.22 bits per heavy atom. The van der Waals surface area contributed by atoms with Gasteiger partial charge in [0.1, 0.15) is 0 Å². The molecule has 0 spiro atoms. The van der Waals surface area contributed by atoms with E-state index in [1.165, 1.54) is 19.3 Å². The van der Waals surface area contributed by atoms with Crippen LogP contribution < -0.4 is 16.0 Å². The van der Waals surface area contributed by atoms with Gasteiger partial charge in [-0.3, -0.25) is 9.79 Å². The monoisotopic (exact) mass is 438 g/mol. The van der Waals surface area contributed by atoms with Crippen molar-refractivity contribution in [1.82, 2.24) is 16.0 Å². The molecule has 1 aliphatic carbocycles. The van der Waals surface area contributed by atoms with E-state index in [1.54, 1.807) is 7.05 Å². The Labute approximate surface area is 156 Å². The third-order valence-corrected chi connectivity index (χ3v) is 4.54. The van der Waals surface area contributed by atoms with Crippen molar-refractivity contribution in [3.8, 4) is 0 Å². The van der Waals surface area contributed by atoms with Gasteiger partial charge in [0.25, 0.3) is 0 Å². The Hall–Kier alpha value is -0.570. The van der Waals surface area contributed by atoms with Crippen molar-refractivity contribution in [2.45, 2.75) is 63.5 Å². The molecular weight excluding hydrogens is 407 g/mol. The van der Waals surface area contributed by atoms with Crippen LogP contribution in [0.1, 0.15) is 51.9 Å². The Morgan fingerprint density at radius 3 is 2.57 bits per heavy atom. The first-order valence-corrected chi connectivity index (χ1v) is 8.49. The molecule has 1 aliphatic heterocycles. The van der Waals surface area contributed by atoms with Gasteiger partial charge in [0.05, 0.1) is 12.1 Å². The number of amides is 1. The number of halogens is 1. The van der Waals surface area contributed by atoms with Crippen LogP contribution >= 0.6 is 24.0 Å². The predicted octanol–water partition coefficient (Wildman–Crippen LogP) is 1.79. The molecule has 6 nitrogen and oxygen atoms in total. The Balaban J connectivity index is 0.00000264. The van der Waals surface area contributed by atoms with E-state index in [4.69, 9.17) is 4.74 Å². The molecule has 1 atom stereocenters. The lowest BCUT2D eigenvalue weighted by Gasteiger charge is -2.25. The number of aliphatic imine (C=N–C) groups is 1. The van der Waals surface area contributed by atoms with Crippen LogP contribution in [0.5, 0.6) is 0 Å². The average Bonchev–Trinajstić information content (AvgIpc) is 2.95. The molecule has 134 valence electrons. The highest BCUT2D eigenvalue weighted by molar-refractivity contribution is 14.0. The van der Waals surface area contributed by atoms with Crippen molar-refractivity contribution < 1.29 is 9.53 Å². The number of nitrogens with zero attached hydrogens (tertiary/aromatic N) is 1. The Kier molecular flexibility index (Phi) is 9.19. The maximum atomic E-state index is 12.0. The van der Waals surface area contributed by atoms with Gasteiger partial charge in [0.2, 0.25) is 5.91 Å². The molecule has 0 radical (unpaired) electrons. The van der Waals surface area contributed by atoms with Crippen LogP contribution in [-0.4, -0.2) is 50.3 Å². The van der Waals surface area contributed by atoms with E-state index < -0.39 is 0 Å².